The Balaban J connectivity index is 1.68. The van der Waals surface area contributed by atoms with Gasteiger partial charge in [0.05, 0.1) is 11.0 Å². The molecule has 25 heavy (non-hydrogen) atoms. The van der Waals surface area contributed by atoms with Crippen LogP contribution >= 0.6 is 12.2 Å². The van der Waals surface area contributed by atoms with E-state index in [0.717, 1.165) is 19.4 Å². The highest BCUT2D eigenvalue weighted by molar-refractivity contribution is 7.80. The molecule has 2 rings (SSSR count). The molecule has 0 bridgehead atoms. The number of ether oxygens (including phenoxy) is 2. The first-order valence-corrected chi connectivity index (χ1v) is 8.18. The van der Waals surface area contributed by atoms with Crippen molar-refractivity contribution in [3.63, 3.8) is 0 Å². The van der Waals surface area contributed by atoms with E-state index in [-0.39, 0.29) is 23.5 Å². The zero-order valence-electron chi connectivity index (χ0n) is 13.7. The number of nitro groups is 1. The number of amides is 1. The molecule has 1 atom stereocenters. The van der Waals surface area contributed by atoms with Crippen LogP contribution in [0.5, 0.6) is 5.75 Å². The van der Waals surface area contributed by atoms with Gasteiger partial charge < -0.3 is 14.8 Å². The van der Waals surface area contributed by atoms with E-state index in [2.05, 4.69) is 16.2 Å². The van der Waals surface area contributed by atoms with Crippen LogP contribution in [0.3, 0.4) is 0 Å². The van der Waals surface area contributed by atoms with Crippen LogP contribution in [-0.4, -0.2) is 41.8 Å². The maximum Gasteiger partial charge on any atom is 0.276 e. The van der Waals surface area contributed by atoms with E-state index in [0.29, 0.717) is 17.9 Å². The second-order valence-corrected chi connectivity index (χ2v) is 5.92. The van der Waals surface area contributed by atoms with Crippen molar-refractivity contribution in [3.05, 3.63) is 33.9 Å². The highest BCUT2D eigenvalue weighted by Crippen LogP contribution is 2.22. The van der Waals surface area contributed by atoms with Crippen LogP contribution in [0.4, 0.5) is 5.69 Å². The zero-order valence-corrected chi connectivity index (χ0v) is 14.6. The summed E-state index contributed by atoms with van der Waals surface area (Å²) in [5, 5.41) is 13.9. The Bertz CT molecular complexity index is 649. The van der Waals surface area contributed by atoms with Crippen LogP contribution < -0.4 is 20.9 Å². The molecule has 0 saturated carbocycles. The summed E-state index contributed by atoms with van der Waals surface area (Å²) in [6, 6.07) is 4.17. The van der Waals surface area contributed by atoms with Crippen LogP contribution in [0.25, 0.3) is 0 Å². The molecule has 1 aromatic carbocycles. The van der Waals surface area contributed by atoms with E-state index < -0.39 is 10.8 Å². The fourth-order valence-corrected chi connectivity index (χ4v) is 2.41. The summed E-state index contributed by atoms with van der Waals surface area (Å²) in [6.07, 6.45) is 2.18. The number of nitro benzene ring substituents is 1. The normalized spacial score (nSPS) is 16.1. The fourth-order valence-electron chi connectivity index (χ4n) is 2.27. The number of hydrazine groups is 1. The van der Waals surface area contributed by atoms with E-state index in [4.69, 9.17) is 21.7 Å². The third-order valence-corrected chi connectivity index (χ3v) is 3.80. The molecule has 9 nitrogen and oxygen atoms in total. The van der Waals surface area contributed by atoms with Gasteiger partial charge in [-0.1, -0.05) is 0 Å². The predicted molar refractivity (Wildman–Crippen MR) is 94.2 cm³/mol. The van der Waals surface area contributed by atoms with Crippen molar-refractivity contribution in [2.24, 2.45) is 0 Å². The third kappa shape index (κ3) is 6.16. The number of nitrogens with one attached hydrogen (secondary N) is 3. The number of thiocarbonyl (C=S) groups is 1. The van der Waals surface area contributed by atoms with E-state index in [1.807, 2.05) is 0 Å². The number of hydrogen-bond acceptors (Lipinski definition) is 6. The molecule has 1 saturated heterocycles. The molecule has 0 aromatic heterocycles. The van der Waals surface area contributed by atoms with Crippen molar-refractivity contribution in [3.8, 4) is 5.75 Å². The number of aryl methyl sites for hydroxylation is 1. The maximum atomic E-state index is 11.7. The Labute approximate surface area is 150 Å². The minimum absolute atomic E-state index is 0.0290. The lowest BCUT2D eigenvalue weighted by Gasteiger charge is -2.15. The average Bonchev–Trinajstić information content (AvgIpc) is 3.10. The molecular formula is C15H20N4O5S. The largest absolute Gasteiger partial charge is 0.483 e. The molecule has 136 valence electrons. The molecule has 1 heterocycles. The maximum absolute atomic E-state index is 11.7. The van der Waals surface area contributed by atoms with Crippen LogP contribution in [-0.2, 0) is 9.53 Å². The molecular weight excluding hydrogens is 348 g/mol. The second kappa shape index (κ2) is 9.14. The summed E-state index contributed by atoms with van der Waals surface area (Å²) in [5.74, 6) is -0.0288. The summed E-state index contributed by atoms with van der Waals surface area (Å²) in [5.41, 5.74) is 5.53. The number of hydrogen-bond donors (Lipinski definition) is 3. The number of carbonyl (C=O) groups is 1. The predicted octanol–water partition coefficient (Wildman–Crippen LogP) is 0.956. The minimum Gasteiger partial charge on any atom is -0.483 e. The summed E-state index contributed by atoms with van der Waals surface area (Å²) >= 11 is 5.05. The molecule has 0 spiro atoms. The van der Waals surface area contributed by atoms with Crippen molar-refractivity contribution in [1.82, 2.24) is 16.2 Å². The van der Waals surface area contributed by atoms with E-state index in [1.165, 1.54) is 18.2 Å². The quantitative estimate of drug-likeness (QED) is 0.386. The number of nitrogens with zero attached hydrogens (tertiary/aromatic N) is 1. The van der Waals surface area contributed by atoms with E-state index in [9.17, 15) is 14.9 Å². The average molecular weight is 368 g/mol. The Kier molecular flexibility index (Phi) is 6.90. The van der Waals surface area contributed by atoms with Crippen LogP contribution in [0.2, 0.25) is 0 Å². The smallest absolute Gasteiger partial charge is 0.276 e. The summed E-state index contributed by atoms with van der Waals surface area (Å²) < 4.78 is 10.8. The van der Waals surface area contributed by atoms with Crippen molar-refractivity contribution in [1.29, 1.82) is 0 Å². The lowest BCUT2D eigenvalue weighted by Crippen LogP contribution is -2.49. The fraction of sp³-hybridized carbons (Fsp3) is 0.467. The molecule has 10 heteroatoms. The molecule has 1 fully saturated rings. The van der Waals surface area contributed by atoms with Gasteiger partial charge in [-0.15, -0.1) is 0 Å². The van der Waals surface area contributed by atoms with Crippen molar-refractivity contribution >= 4 is 28.9 Å². The Morgan fingerprint density at radius 3 is 2.92 bits per heavy atom. The molecule has 1 aliphatic heterocycles. The molecule has 0 aliphatic carbocycles. The lowest BCUT2D eigenvalue weighted by atomic mass is 10.2. The third-order valence-electron chi connectivity index (χ3n) is 3.56. The molecule has 3 N–H and O–H groups in total. The van der Waals surface area contributed by atoms with Gasteiger partial charge in [-0.2, -0.15) is 0 Å². The SMILES string of the molecule is Cc1cc([N+](=O)[O-])ccc1OCC(=O)NNC(=S)NC[C@@H]1CCCO1. The van der Waals surface area contributed by atoms with Gasteiger partial charge in [0.2, 0.25) is 0 Å². The first-order valence-electron chi connectivity index (χ1n) is 7.78. The monoisotopic (exact) mass is 368 g/mol. The molecule has 0 radical (unpaired) electrons. The van der Waals surface area contributed by atoms with E-state index in [1.54, 1.807) is 6.92 Å². The number of non-ortho nitro benzene ring substituents is 1. The van der Waals surface area contributed by atoms with Crippen molar-refractivity contribution in [2.45, 2.75) is 25.9 Å². The van der Waals surface area contributed by atoms with Gasteiger partial charge in [0.15, 0.2) is 11.7 Å². The first-order chi connectivity index (χ1) is 12.0. The molecule has 1 aliphatic rings. The van der Waals surface area contributed by atoms with Crippen LogP contribution in [0, 0.1) is 17.0 Å². The summed E-state index contributed by atoms with van der Waals surface area (Å²) in [6.45, 7) is 2.77. The van der Waals surface area contributed by atoms with Crippen molar-refractivity contribution in [2.75, 3.05) is 19.8 Å². The first kappa shape index (κ1) is 18.9. The highest BCUT2D eigenvalue weighted by Gasteiger charge is 2.15. The summed E-state index contributed by atoms with van der Waals surface area (Å²) in [4.78, 5) is 21.9. The van der Waals surface area contributed by atoms with Crippen molar-refractivity contribution < 1.29 is 19.2 Å². The zero-order chi connectivity index (χ0) is 18.2. The van der Waals surface area contributed by atoms with Crippen LogP contribution in [0.15, 0.2) is 18.2 Å². The van der Waals surface area contributed by atoms with Gasteiger partial charge in [0.1, 0.15) is 5.75 Å². The molecule has 1 amide bonds. The van der Waals surface area contributed by atoms with Crippen LogP contribution in [0.1, 0.15) is 18.4 Å². The number of benzene rings is 1. The van der Waals surface area contributed by atoms with Gasteiger partial charge in [-0.25, -0.2) is 0 Å². The lowest BCUT2D eigenvalue weighted by molar-refractivity contribution is -0.384. The van der Waals surface area contributed by atoms with Gasteiger partial charge in [-0.05, 0) is 43.6 Å². The Morgan fingerprint density at radius 2 is 2.28 bits per heavy atom. The topological polar surface area (TPSA) is 115 Å². The summed E-state index contributed by atoms with van der Waals surface area (Å²) in [7, 11) is 0. The number of rotatable bonds is 6. The van der Waals surface area contributed by atoms with Gasteiger partial charge >= 0.3 is 0 Å². The number of carbonyl (C=O) groups excluding carboxylic acids is 1. The molecule has 0 unspecified atom stereocenters. The van der Waals surface area contributed by atoms with Gasteiger partial charge in [0, 0.05) is 25.3 Å². The highest BCUT2D eigenvalue weighted by atomic mass is 32.1. The van der Waals surface area contributed by atoms with Gasteiger partial charge in [0.25, 0.3) is 11.6 Å². The standard InChI is InChI=1S/C15H20N4O5S/c1-10-7-11(19(21)22)4-5-13(10)24-9-14(20)17-18-15(25)16-8-12-3-2-6-23-12/h4-5,7,12H,2-3,6,8-9H2,1H3,(H,17,20)(H2,16,18,25)/t12-/m0/s1. The minimum atomic E-state index is -0.488. The second-order valence-electron chi connectivity index (χ2n) is 5.51. The van der Waals surface area contributed by atoms with E-state index >= 15 is 0 Å². The van der Waals surface area contributed by atoms with Gasteiger partial charge in [-0.3, -0.25) is 25.8 Å². The Morgan fingerprint density at radius 1 is 1.48 bits per heavy atom. The molecule has 1 aromatic rings. The Hall–Kier alpha value is -2.46.